The number of nitrogens with two attached hydrogens (primary N) is 1. The first-order valence-electron chi connectivity index (χ1n) is 9.66. The van der Waals surface area contributed by atoms with Gasteiger partial charge in [0.2, 0.25) is 10.0 Å². The highest BCUT2D eigenvalue weighted by atomic mass is 35.5. The van der Waals surface area contributed by atoms with Crippen LogP contribution in [0.3, 0.4) is 0 Å². The second-order valence-corrected chi connectivity index (χ2v) is 9.74. The third kappa shape index (κ3) is 6.20. The summed E-state index contributed by atoms with van der Waals surface area (Å²) in [6, 6.07) is 12.3. The second-order valence-electron chi connectivity index (χ2n) is 7.40. The molecule has 0 aliphatic carbocycles. The molecule has 1 fully saturated rings. The topological polar surface area (TPSA) is 107 Å². The molecule has 0 unspecified atom stereocenters. The Balaban J connectivity index is 1.54. The number of amides is 1. The number of benzene rings is 2. The fraction of sp³-hybridized carbons (Fsp3) is 0.333. The first kappa shape index (κ1) is 23.5. The summed E-state index contributed by atoms with van der Waals surface area (Å²) in [4.78, 5) is 26.0. The Kier molecular flexibility index (Phi) is 7.59. The number of likely N-dealkylation sites (tertiary alicyclic amines) is 1. The summed E-state index contributed by atoms with van der Waals surface area (Å²) in [5.41, 5.74) is 1.05. The molecule has 2 aromatic carbocycles. The van der Waals surface area contributed by atoms with E-state index in [1.807, 2.05) is 18.2 Å². The van der Waals surface area contributed by atoms with Crippen LogP contribution in [0.25, 0.3) is 0 Å². The van der Waals surface area contributed by atoms with Gasteiger partial charge < -0.3 is 9.64 Å². The van der Waals surface area contributed by atoms with Crippen LogP contribution < -0.4 is 5.14 Å². The maximum absolute atomic E-state index is 12.4. The van der Waals surface area contributed by atoms with Crippen molar-refractivity contribution < 1.29 is 22.7 Å². The minimum Gasteiger partial charge on any atom is -0.452 e. The summed E-state index contributed by atoms with van der Waals surface area (Å²) in [5.74, 6) is -0.749. The molecule has 7 nitrogen and oxygen atoms in total. The molecule has 1 heterocycles. The molecule has 0 bridgehead atoms. The van der Waals surface area contributed by atoms with Crippen molar-refractivity contribution in [1.29, 1.82) is 0 Å². The zero-order valence-corrected chi connectivity index (χ0v) is 18.9. The number of sulfonamides is 1. The average molecular weight is 485 g/mol. The monoisotopic (exact) mass is 484 g/mol. The van der Waals surface area contributed by atoms with Crippen molar-refractivity contribution in [3.63, 3.8) is 0 Å². The van der Waals surface area contributed by atoms with E-state index in [-0.39, 0.29) is 21.5 Å². The number of piperidine rings is 1. The van der Waals surface area contributed by atoms with E-state index in [9.17, 15) is 18.0 Å². The SMILES string of the molecule is NS(=O)(=O)c1cc(C(=O)OCC(=O)N2CCC(Cc3ccccc3)CC2)c(Cl)cc1Cl. The summed E-state index contributed by atoms with van der Waals surface area (Å²) in [7, 11) is -4.16. The molecule has 10 heteroatoms. The van der Waals surface area contributed by atoms with Gasteiger partial charge in [-0.3, -0.25) is 4.79 Å². The second kappa shape index (κ2) is 9.99. The highest BCUT2D eigenvalue weighted by Gasteiger charge is 2.25. The maximum Gasteiger partial charge on any atom is 0.340 e. The lowest BCUT2D eigenvalue weighted by Gasteiger charge is -2.32. The van der Waals surface area contributed by atoms with Crippen LogP contribution in [-0.2, 0) is 26.0 Å². The fourth-order valence-corrected chi connectivity index (χ4v) is 4.93. The molecule has 0 saturated carbocycles. The van der Waals surface area contributed by atoms with Gasteiger partial charge in [0.25, 0.3) is 5.91 Å². The lowest BCUT2D eigenvalue weighted by Crippen LogP contribution is -2.41. The van der Waals surface area contributed by atoms with Crippen molar-refractivity contribution in [1.82, 2.24) is 4.90 Å². The number of primary sulfonamides is 1. The highest BCUT2D eigenvalue weighted by Crippen LogP contribution is 2.28. The zero-order chi connectivity index (χ0) is 22.6. The number of hydrogen-bond acceptors (Lipinski definition) is 5. The van der Waals surface area contributed by atoms with E-state index in [4.69, 9.17) is 33.1 Å². The van der Waals surface area contributed by atoms with E-state index in [0.29, 0.717) is 19.0 Å². The molecule has 31 heavy (non-hydrogen) atoms. The van der Waals surface area contributed by atoms with Crippen LogP contribution in [0.4, 0.5) is 0 Å². The first-order valence-corrected chi connectivity index (χ1v) is 12.0. The Morgan fingerprint density at radius 1 is 1.06 bits per heavy atom. The van der Waals surface area contributed by atoms with Gasteiger partial charge in [-0.2, -0.15) is 0 Å². The Morgan fingerprint density at radius 2 is 1.71 bits per heavy atom. The van der Waals surface area contributed by atoms with Crippen LogP contribution >= 0.6 is 23.2 Å². The third-order valence-corrected chi connectivity index (χ3v) is 6.90. The molecule has 1 saturated heterocycles. The van der Waals surface area contributed by atoms with Crippen LogP contribution in [0.15, 0.2) is 47.4 Å². The number of ether oxygens (including phenoxy) is 1. The summed E-state index contributed by atoms with van der Waals surface area (Å²) >= 11 is 11.8. The number of nitrogens with zero attached hydrogens (tertiary/aromatic N) is 1. The van der Waals surface area contributed by atoms with Gasteiger partial charge in [0.05, 0.1) is 15.6 Å². The number of carbonyl (C=O) groups excluding carboxylic acids is 2. The summed E-state index contributed by atoms with van der Waals surface area (Å²) < 4.78 is 28.2. The van der Waals surface area contributed by atoms with E-state index in [2.05, 4.69) is 12.1 Å². The van der Waals surface area contributed by atoms with Crippen LogP contribution in [0.2, 0.25) is 10.0 Å². The van der Waals surface area contributed by atoms with Gasteiger partial charge in [-0.05, 0) is 42.9 Å². The Labute approximate surface area is 191 Å². The van der Waals surface area contributed by atoms with E-state index >= 15 is 0 Å². The molecule has 3 rings (SSSR count). The van der Waals surface area contributed by atoms with Gasteiger partial charge in [0.15, 0.2) is 6.61 Å². The van der Waals surface area contributed by atoms with Crippen LogP contribution in [-0.4, -0.2) is 44.9 Å². The molecule has 1 aliphatic heterocycles. The Bertz CT molecular complexity index is 1070. The predicted octanol–water partition coefficient (Wildman–Crippen LogP) is 3.28. The van der Waals surface area contributed by atoms with Crippen LogP contribution in [0, 0.1) is 5.92 Å². The van der Waals surface area contributed by atoms with Gasteiger partial charge in [0.1, 0.15) is 4.90 Å². The third-order valence-electron chi connectivity index (χ3n) is 5.21. The van der Waals surface area contributed by atoms with Crippen LogP contribution in [0.1, 0.15) is 28.8 Å². The van der Waals surface area contributed by atoms with E-state index in [1.165, 1.54) is 5.56 Å². The number of carbonyl (C=O) groups is 2. The maximum atomic E-state index is 12.4. The number of halogens is 2. The number of esters is 1. The zero-order valence-electron chi connectivity index (χ0n) is 16.6. The van der Waals surface area contributed by atoms with Gasteiger partial charge in [-0.15, -0.1) is 0 Å². The van der Waals surface area contributed by atoms with Crippen molar-refractivity contribution in [3.8, 4) is 0 Å². The molecule has 2 aromatic rings. The lowest BCUT2D eigenvalue weighted by molar-refractivity contribution is -0.135. The summed E-state index contributed by atoms with van der Waals surface area (Å²) in [5, 5.41) is 4.78. The normalized spacial score (nSPS) is 15.0. The Hall–Kier alpha value is -2.13. The summed E-state index contributed by atoms with van der Waals surface area (Å²) in [6.45, 7) is 0.710. The van der Waals surface area contributed by atoms with E-state index < -0.39 is 27.5 Å². The van der Waals surface area contributed by atoms with Gasteiger partial charge >= 0.3 is 5.97 Å². The van der Waals surface area contributed by atoms with Gasteiger partial charge in [-0.1, -0.05) is 53.5 Å². The fourth-order valence-electron chi connectivity index (χ4n) is 3.53. The van der Waals surface area contributed by atoms with Crippen molar-refractivity contribution in [2.24, 2.45) is 11.1 Å². The van der Waals surface area contributed by atoms with Crippen molar-refractivity contribution in [2.75, 3.05) is 19.7 Å². The van der Waals surface area contributed by atoms with Crippen molar-refractivity contribution in [2.45, 2.75) is 24.2 Å². The van der Waals surface area contributed by atoms with Crippen molar-refractivity contribution >= 4 is 45.1 Å². The van der Waals surface area contributed by atoms with E-state index in [0.717, 1.165) is 31.4 Å². The molecular formula is C21H22Cl2N2O5S. The Morgan fingerprint density at radius 3 is 2.32 bits per heavy atom. The molecular weight excluding hydrogens is 463 g/mol. The molecule has 1 amide bonds. The molecule has 166 valence electrons. The quantitative estimate of drug-likeness (QED) is 0.632. The molecule has 0 atom stereocenters. The highest BCUT2D eigenvalue weighted by molar-refractivity contribution is 7.89. The standard InChI is InChI=1S/C21H22Cl2N2O5S/c22-17-12-18(23)19(31(24,28)29)11-16(17)21(27)30-13-20(26)25-8-6-15(7-9-25)10-14-4-2-1-3-5-14/h1-5,11-12,15H,6-10,13H2,(H2,24,28,29). The molecule has 0 spiro atoms. The first-order chi connectivity index (χ1) is 14.6. The van der Waals surface area contributed by atoms with E-state index in [1.54, 1.807) is 4.90 Å². The van der Waals surface area contributed by atoms with Gasteiger partial charge in [-0.25, -0.2) is 18.4 Å². The largest absolute Gasteiger partial charge is 0.452 e. The van der Waals surface area contributed by atoms with Gasteiger partial charge in [0, 0.05) is 13.1 Å². The molecule has 1 aliphatic rings. The smallest absolute Gasteiger partial charge is 0.340 e. The minimum absolute atomic E-state index is 0.100. The lowest BCUT2D eigenvalue weighted by atomic mass is 9.90. The van der Waals surface area contributed by atoms with Crippen molar-refractivity contribution in [3.05, 3.63) is 63.6 Å². The molecule has 0 radical (unpaired) electrons. The minimum atomic E-state index is -4.16. The number of rotatable bonds is 6. The van der Waals surface area contributed by atoms with Crippen LogP contribution in [0.5, 0.6) is 0 Å². The molecule has 2 N–H and O–H groups in total. The predicted molar refractivity (Wildman–Crippen MR) is 118 cm³/mol. The summed E-state index contributed by atoms with van der Waals surface area (Å²) in [6.07, 6.45) is 2.71. The number of hydrogen-bond donors (Lipinski definition) is 1. The average Bonchev–Trinajstić information content (AvgIpc) is 2.72. The molecule has 0 aromatic heterocycles.